The van der Waals surface area contributed by atoms with E-state index in [1.165, 1.54) is 51.4 Å². The fourth-order valence-corrected chi connectivity index (χ4v) is 3.08. The van der Waals surface area contributed by atoms with Crippen LogP contribution in [0.15, 0.2) is 11.4 Å². The second-order valence-corrected chi connectivity index (χ2v) is 6.13. The van der Waals surface area contributed by atoms with Gasteiger partial charge >= 0.3 is 0 Å². The van der Waals surface area contributed by atoms with E-state index < -0.39 is 0 Å². The van der Waals surface area contributed by atoms with Gasteiger partial charge in [0, 0.05) is 12.8 Å². The van der Waals surface area contributed by atoms with Crippen LogP contribution in [0, 0.1) is 0 Å². The maximum absolute atomic E-state index is 9.09. The summed E-state index contributed by atoms with van der Waals surface area (Å²) in [5.74, 6) is 1.13. The van der Waals surface area contributed by atoms with Crippen molar-refractivity contribution in [1.29, 1.82) is 0 Å². The van der Waals surface area contributed by atoms with Gasteiger partial charge < -0.3 is 9.67 Å². The Hall–Kier alpha value is -0.480. The van der Waals surface area contributed by atoms with Gasteiger partial charge in [-0.15, -0.1) is 0 Å². The molecule has 3 nitrogen and oxygen atoms in total. The predicted molar refractivity (Wildman–Crippen MR) is 82.5 cm³/mol. The molecule has 19 heavy (non-hydrogen) atoms. The van der Waals surface area contributed by atoms with Crippen LogP contribution < -0.4 is 0 Å². The number of aliphatic hydroxyl groups excluding tert-OH is 1. The molecule has 1 rings (SSSR count). The Balaban J connectivity index is 2.00. The van der Waals surface area contributed by atoms with E-state index in [1.54, 1.807) is 18.0 Å². The van der Waals surface area contributed by atoms with Crippen LogP contribution in [0.25, 0.3) is 0 Å². The lowest BCUT2D eigenvalue weighted by Crippen LogP contribution is -1.97. The number of thioether (sulfide) groups is 1. The molecule has 0 radical (unpaired) electrons. The van der Waals surface area contributed by atoms with Gasteiger partial charge in [0.25, 0.3) is 0 Å². The Morgan fingerprint density at radius 2 is 1.74 bits per heavy atom. The Morgan fingerprint density at radius 3 is 2.32 bits per heavy atom. The van der Waals surface area contributed by atoms with E-state index >= 15 is 0 Å². The lowest BCUT2D eigenvalue weighted by Gasteiger charge is -2.04. The van der Waals surface area contributed by atoms with Gasteiger partial charge in [-0.2, -0.15) is 0 Å². The Morgan fingerprint density at radius 1 is 1.11 bits per heavy atom. The summed E-state index contributed by atoms with van der Waals surface area (Å²) in [7, 11) is 1.97. The highest BCUT2D eigenvalue weighted by Gasteiger charge is 2.05. The molecule has 110 valence electrons. The Kier molecular flexibility index (Phi) is 9.01. The van der Waals surface area contributed by atoms with Gasteiger partial charge in [-0.05, 0) is 6.42 Å². The molecule has 0 saturated heterocycles. The summed E-state index contributed by atoms with van der Waals surface area (Å²) in [5, 5.41) is 10.1. The van der Waals surface area contributed by atoms with Gasteiger partial charge in [0.2, 0.25) is 0 Å². The molecular formula is C15H28N2OS. The minimum absolute atomic E-state index is 0.0713. The number of aliphatic hydroxyl groups is 1. The van der Waals surface area contributed by atoms with E-state index in [0.29, 0.717) is 0 Å². The van der Waals surface area contributed by atoms with Crippen LogP contribution in [-0.4, -0.2) is 20.4 Å². The molecule has 0 fully saturated rings. The van der Waals surface area contributed by atoms with Crippen LogP contribution in [0.3, 0.4) is 0 Å². The van der Waals surface area contributed by atoms with Gasteiger partial charge in [-0.25, -0.2) is 4.98 Å². The molecule has 0 aliphatic rings. The monoisotopic (exact) mass is 284 g/mol. The third-order valence-corrected chi connectivity index (χ3v) is 4.56. The van der Waals surface area contributed by atoms with Gasteiger partial charge in [0.05, 0.1) is 18.5 Å². The standard InChI is InChI=1S/C15H28N2OS/c1-3-4-5-6-7-8-9-10-11-19-15-16-12-14(13-18)17(15)2/h12,18H,3-11,13H2,1-2H3. The first-order chi connectivity index (χ1) is 9.29. The zero-order valence-corrected chi connectivity index (χ0v) is 13.2. The maximum atomic E-state index is 9.09. The molecule has 0 aliphatic carbocycles. The number of imidazole rings is 1. The molecule has 1 N–H and O–H groups in total. The summed E-state index contributed by atoms with van der Waals surface area (Å²) in [5.41, 5.74) is 0.887. The van der Waals surface area contributed by atoms with Crippen molar-refractivity contribution >= 4 is 11.8 Å². The van der Waals surface area contributed by atoms with Crippen LogP contribution >= 0.6 is 11.8 Å². The molecule has 0 spiro atoms. The summed E-state index contributed by atoms with van der Waals surface area (Å²) in [4.78, 5) is 4.32. The Bertz CT molecular complexity index is 339. The second-order valence-electron chi connectivity index (χ2n) is 5.07. The lowest BCUT2D eigenvalue weighted by atomic mass is 10.1. The number of hydrogen-bond donors (Lipinski definition) is 1. The van der Waals surface area contributed by atoms with Crippen molar-refractivity contribution in [3.05, 3.63) is 11.9 Å². The molecule has 1 heterocycles. The number of hydrogen-bond acceptors (Lipinski definition) is 3. The third kappa shape index (κ3) is 6.48. The lowest BCUT2D eigenvalue weighted by molar-refractivity contribution is 0.271. The fraction of sp³-hybridized carbons (Fsp3) is 0.800. The van der Waals surface area contributed by atoms with E-state index in [4.69, 9.17) is 5.11 Å². The first kappa shape index (κ1) is 16.6. The topological polar surface area (TPSA) is 38.1 Å². The van der Waals surface area contributed by atoms with Gasteiger partial charge in [-0.3, -0.25) is 0 Å². The van der Waals surface area contributed by atoms with Crippen molar-refractivity contribution in [2.24, 2.45) is 7.05 Å². The Labute approximate surface area is 121 Å². The molecule has 0 aliphatic heterocycles. The van der Waals surface area contributed by atoms with Crippen molar-refractivity contribution < 1.29 is 5.11 Å². The van der Waals surface area contributed by atoms with E-state index in [1.807, 2.05) is 11.6 Å². The van der Waals surface area contributed by atoms with Crippen molar-refractivity contribution in [1.82, 2.24) is 9.55 Å². The largest absolute Gasteiger partial charge is 0.390 e. The normalized spacial score (nSPS) is 11.1. The smallest absolute Gasteiger partial charge is 0.167 e. The maximum Gasteiger partial charge on any atom is 0.167 e. The quantitative estimate of drug-likeness (QED) is 0.490. The number of unbranched alkanes of at least 4 members (excludes halogenated alkanes) is 7. The van der Waals surface area contributed by atoms with Crippen LogP contribution in [0.1, 0.15) is 64.0 Å². The zero-order chi connectivity index (χ0) is 13.9. The molecule has 4 heteroatoms. The van der Waals surface area contributed by atoms with Gasteiger partial charge in [0.1, 0.15) is 0 Å². The summed E-state index contributed by atoms with van der Waals surface area (Å²) >= 11 is 1.80. The molecule has 1 aromatic rings. The summed E-state index contributed by atoms with van der Waals surface area (Å²) < 4.78 is 1.98. The predicted octanol–water partition coefficient (Wildman–Crippen LogP) is 4.15. The van der Waals surface area contributed by atoms with Crippen LogP contribution in [-0.2, 0) is 13.7 Å². The van der Waals surface area contributed by atoms with Crippen molar-refractivity contribution in [2.45, 2.75) is 70.1 Å². The van der Waals surface area contributed by atoms with E-state index in [-0.39, 0.29) is 6.61 Å². The molecular weight excluding hydrogens is 256 g/mol. The van der Waals surface area contributed by atoms with Crippen LogP contribution in [0.4, 0.5) is 0 Å². The van der Waals surface area contributed by atoms with Gasteiger partial charge in [0.15, 0.2) is 5.16 Å². The second kappa shape index (κ2) is 10.3. The molecule has 0 unspecified atom stereocenters. The third-order valence-electron chi connectivity index (χ3n) is 3.43. The summed E-state index contributed by atoms with van der Waals surface area (Å²) in [6.45, 7) is 2.33. The van der Waals surface area contributed by atoms with Crippen LogP contribution in [0.5, 0.6) is 0 Å². The molecule has 0 saturated carbocycles. The SMILES string of the molecule is CCCCCCCCCCSc1ncc(CO)n1C. The fourth-order valence-electron chi connectivity index (χ4n) is 2.11. The van der Waals surface area contributed by atoms with Gasteiger partial charge in [-0.1, -0.05) is 63.6 Å². The molecule has 0 atom stereocenters. The number of rotatable bonds is 11. The highest BCUT2D eigenvalue weighted by atomic mass is 32.2. The summed E-state index contributed by atoms with van der Waals surface area (Å²) in [6, 6.07) is 0. The van der Waals surface area contributed by atoms with E-state index in [0.717, 1.165) is 16.6 Å². The first-order valence-electron chi connectivity index (χ1n) is 7.53. The average molecular weight is 284 g/mol. The molecule has 0 bridgehead atoms. The van der Waals surface area contributed by atoms with E-state index in [9.17, 15) is 0 Å². The van der Waals surface area contributed by atoms with Crippen molar-refractivity contribution in [3.63, 3.8) is 0 Å². The highest BCUT2D eigenvalue weighted by Crippen LogP contribution is 2.19. The molecule has 1 aromatic heterocycles. The number of aromatic nitrogens is 2. The first-order valence-corrected chi connectivity index (χ1v) is 8.52. The number of nitrogens with zero attached hydrogens (tertiary/aromatic N) is 2. The highest BCUT2D eigenvalue weighted by molar-refractivity contribution is 7.99. The molecule has 0 amide bonds. The van der Waals surface area contributed by atoms with Crippen molar-refractivity contribution in [3.8, 4) is 0 Å². The van der Waals surface area contributed by atoms with E-state index in [2.05, 4.69) is 11.9 Å². The van der Waals surface area contributed by atoms with Crippen molar-refractivity contribution in [2.75, 3.05) is 5.75 Å². The summed E-state index contributed by atoms with van der Waals surface area (Å²) in [6.07, 6.45) is 12.6. The minimum Gasteiger partial charge on any atom is -0.390 e. The minimum atomic E-state index is 0.0713. The average Bonchev–Trinajstić information content (AvgIpc) is 2.78. The van der Waals surface area contributed by atoms with Crippen LogP contribution in [0.2, 0.25) is 0 Å². The molecule has 0 aromatic carbocycles. The zero-order valence-electron chi connectivity index (χ0n) is 12.4.